The molecule has 12 heteroatoms. The Bertz CT molecular complexity index is 1350. The SMILES string of the molecule is Cn1c(=O)c2c(SCC(=O)Nc3cccc(C(F)(F)F)c3)nc(C3CC3)nc2n(C)c1=O. The average molecular weight is 465 g/mol. The van der Waals surface area contributed by atoms with Crippen LogP contribution in [0.15, 0.2) is 38.9 Å². The van der Waals surface area contributed by atoms with Crippen LogP contribution in [0.2, 0.25) is 0 Å². The zero-order chi connectivity index (χ0) is 23.2. The number of fused-ring (bicyclic) bond motifs is 1. The molecule has 0 aliphatic heterocycles. The van der Waals surface area contributed by atoms with Crippen LogP contribution in [0.25, 0.3) is 11.0 Å². The van der Waals surface area contributed by atoms with Gasteiger partial charge in [-0.3, -0.25) is 18.7 Å². The van der Waals surface area contributed by atoms with Crippen LogP contribution < -0.4 is 16.6 Å². The summed E-state index contributed by atoms with van der Waals surface area (Å²) in [7, 11) is 2.84. The molecule has 8 nitrogen and oxygen atoms in total. The summed E-state index contributed by atoms with van der Waals surface area (Å²) in [6.45, 7) is 0. The summed E-state index contributed by atoms with van der Waals surface area (Å²) in [5, 5.41) is 2.81. The van der Waals surface area contributed by atoms with Crippen LogP contribution in [0.1, 0.15) is 30.1 Å². The molecule has 1 aliphatic carbocycles. The first-order valence-electron chi connectivity index (χ1n) is 9.64. The molecule has 2 heterocycles. The number of aryl methyl sites for hydroxylation is 1. The second-order valence-corrected chi connectivity index (χ2v) is 8.45. The van der Waals surface area contributed by atoms with Crippen molar-refractivity contribution in [1.29, 1.82) is 0 Å². The van der Waals surface area contributed by atoms with E-state index in [0.29, 0.717) is 5.82 Å². The predicted molar refractivity (Wildman–Crippen MR) is 113 cm³/mol. The zero-order valence-electron chi connectivity index (χ0n) is 17.1. The number of benzene rings is 1. The lowest BCUT2D eigenvalue weighted by Gasteiger charge is -2.12. The van der Waals surface area contributed by atoms with Crippen LogP contribution in [0.3, 0.4) is 0 Å². The summed E-state index contributed by atoms with van der Waals surface area (Å²) >= 11 is 0.970. The van der Waals surface area contributed by atoms with Gasteiger partial charge in [0.05, 0.1) is 11.3 Å². The van der Waals surface area contributed by atoms with E-state index in [9.17, 15) is 27.6 Å². The molecule has 0 unspecified atom stereocenters. The Morgan fingerprint density at radius 2 is 1.91 bits per heavy atom. The molecule has 0 saturated heterocycles. The maximum Gasteiger partial charge on any atom is 0.416 e. The standard InChI is InChI=1S/C20H18F3N5O3S/c1-27-16-14(18(30)28(2)19(27)31)17(26-15(25-16)10-6-7-10)32-9-13(29)24-12-5-3-4-11(8-12)20(21,22)23/h3-5,8,10H,6-7,9H2,1-2H3,(H,24,29). The van der Waals surface area contributed by atoms with E-state index in [-0.39, 0.29) is 33.4 Å². The van der Waals surface area contributed by atoms with E-state index in [0.717, 1.165) is 41.3 Å². The summed E-state index contributed by atoms with van der Waals surface area (Å²) in [6.07, 6.45) is -2.74. The molecule has 3 aromatic rings. The summed E-state index contributed by atoms with van der Waals surface area (Å²) in [6, 6.07) is 4.32. The molecule has 0 atom stereocenters. The first kappa shape index (κ1) is 22.1. The van der Waals surface area contributed by atoms with Gasteiger partial charge in [0, 0.05) is 25.7 Å². The van der Waals surface area contributed by atoms with Crippen LogP contribution in [-0.2, 0) is 25.1 Å². The molecule has 0 spiro atoms. The van der Waals surface area contributed by atoms with Gasteiger partial charge in [-0.15, -0.1) is 0 Å². The number of rotatable bonds is 5. The fraction of sp³-hybridized carbons (Fsp3) is 0.350. The van der Waals surface area contributed by atoms with Crippen molar-refractivity contribution in [2.24, 2.45) is 14.1 Å². The van der Waals surface area contributed by atoms with Crippen molar-refractivity contribution < 1.29 is 18.0 Å². The molecule has 1 aliphatic rings. The molecule has 1 N–H and O–H groups in total. The molecule has 0 bridgehead atoms. The van der Waals surface area contributed by atoms with Gasteiger partial charge in [-0.25, -0.2) is 14.8 Å². The third-order valence-corrected chi connectivity index (χ3v) is 6.02. The van der Waals surface area contributed by atoms with E-state index < -0.39 is 28.9 Å². The third kappa shape index (κ3) is 4.27. The van der Waals surface area contributed by atoms with E-state index >= 15 is 0 Å². The number of amides is 1. The van der Waals surface area contributed by atoms with E-state index in [1.54, 1.807) is 0 Å². The molecular weight excluding hydrogens is 447 g/mol. The predicted octanol–water partition coefficient (Wildman–Crippen LogP) is 2.65. The molecule has 0 radical (unpaired) electrons. The largest absolute Gasteiger partial charge is 0.416 e. The number of alkyl halides is 3. The average Bonchev–Trinajstić information content (AvgIpc) is 3.59. The lowest BCUT2D eigenvalue weighted by molar-refractivity contribution is -0.137. The Balaban J connectivity index is 1.62. The molecule has 168 valence electrons. The Morgan fingerprint density at radius 1 is 1.19 bits per heavy atom. The van der Waals surface area contributed by atoms with E-state index in [4.69, 9.17) is 0 Å². The monoisotopic (exact) mass is 465 g/mol. The summed E-state index contributed by atoms with van der Waals surface area (Å²) in [5.74, 6) is -0.118. The van der Waals surface area contributed by atoms with Crippen LogP contribution in [0.4, 0.5) is 18.9 Å². The van der Waals surface area contributed by atoms with Crippen molar-refractivity contribution in [2.45, 2.75) is 30.0 Å². The van der Waals surface area contributed by atoms with E-state index in [1.807, 2.05) is 0 Å². The van der Waals surface area contributed by atoms with Crippen LogP contribution in [0, 0.1) is 0 Å². The smallest absolute Gasteiger partial charge is 0.325 e. The highest BCUT2D eigenvalue weighted by Crippen LogP contribution is 2.39. The minimum absolute atomic E-state index is 0.00921. The highest BCUT2D eigenvalue weighted by molar-refractivity contribution is 8.00. The first-order chi connectivity index (χ1) is 15.1. The molecule has 1 aromatic carbocycles. The Hall–Kier alpha value is -3.15. The van der Waals surface area contributed by atoms with Gasteiger partial charge >= 0.3 is 11.9 Å². The van der Waals surface area contributed by atoms with Crippen molar-refractivity contribution in [1.82, 2.24) is 19.1 Å². The van der Waals surface area contributed by atoms with Gasteiger partial charge in [-0.1, -0.05) is 17.8 Å². The number of nitrogens with zero attached hydrogens (tertiary/aromatic N) is 4. The van der Waals surface area contributed by atoms with Gasteiger partial charge in [-0.05, 0) is 31.0 Å². The Kier molecular flexibility index (Phi) is 5.57. The second-order valence-electron chi connectivity index (χ2n) is 7.48. The summed E-state index contributed by atoms with van der Waals surface area (Å²) in [5.41, 5.74) is -1.78. The molecule has 2 aromatic heterocycles. The lowest BCUT2D eigenvalue weighted by atomic mass is 10.2. The molecular formula is C20H18F3N5O3S. The third-order valence-electron chi connectivity index (χ3n) is 5.04. The van der Waals surface area contributed by atoms with Crippen LogP contribution in [0.5, 0.6) is 0 Å². The quantitative estimate of drug-likeness (QED) is 0.460. The molecule has 1 amide bonds. The van der Waals surface area contributed by atoms with Gasteiger partial charge in [0.25, 0.3) is 5.56 Å². The number of carbonyl (C=O) groups is 1. The Labute approximate surface area is 183 Å². The number of carbonyl (C=O) groups excluding carboxylic acids is 1. The van der Waals surface area contributed by atoms with Crippen molar-refractivity contribution in [3.8, 4) is 0 Å². The van der Waals surface area contributed by atoms with Gasteiger partial charge in [0.15, 0.2) is 5.65 Å². The van der Waals surface area contributed by atoms with Crippen LogP contribution >= 0.6 is 11.8 Å². The van der Waals surface area contributed by atoms with Crippen molar-refractivity contribution in [3.05, 3.63) is 56.5 Å². The Morgan fingerprint density at radius 3 is 2.56 bits per heavy atom. The minimum atomic E-state index is -4.52. The second kappa shape index (κ2) is 8.08. The number of aromatic nitrogens is 4. The first-order valence-corrected chi connectivity index (χ1v) is 10.6. The van der Waals surface area contributed by atoms with Gasteiger partial charge in [0.1, 0.15) is 16.2 Å². The number of hydrogen-bond donors (Lipinski definition) is 1. The molecule has 32 heavy (non-hydrogen) atoms. The molecule has 1 fully saturated rings. The van der Waals surface area contributed by atoms with Gasteiger partial charge < -0.3 is 5.32 Å². The fourth-order valence-electron chi connectivity index (χ4n) is 3.18. The lowest BCUT2D eigenvalue weighted by Crippen LogP contribution is -2.37. The highest BCUT2D eigenvalue weighted by atomic mass is 32.2. The molecule has 4 rings (SSSR count). The van der Waals surface area contributed by atoms with Crippen LogP contribution in [-0.4, -0.2) is 30.8 Å². The number of hydrogen-bond acceptors (Lipinski definition) is 6. The summed E-state index contributed by atoms with van der Waals surface area (Å²) < 4.78 is 40.8. The normalized spacial score (nSPS) is 14.0. The molecule has 1 saturated carbocycles. The topological polar surface area (TPSA) is 98.9 Å². The summed E-state index contributed by atoms with van der Waals surface area (Å²) in [4.78, 5) is 46.3. The zero-order valence-corrected chi connectivity index (χ0v) is 17.9. The maximum absolute atomic E-state index is 12.9. The van der Waals surface area contributed by atoms with Crippen molar-refractivity contribution in [2.75, 3.05) is 11.1 Å². The number of anilines is 1. The van der Waals surface area contributed by atoms with Gasteiger partial charge in [0.2, 0.25) is 5.91 Å². The van der Waals surface area contributed by atoms with E-state index in [1.165, 1.54) is 30.8 Å². The number of nitrogens with one attached hydrogen (secondary N) is 1. The highest BCUT2D eigenvalue weighted by Gasteiger charge is 2.31. The van der Waals surface area contributed by atoms with Gasteiger partial charge in [-0.2, -0.15) is 13.2 Å². The minimum Gasteiger partial charge on any atom is -0.325 e. The van der Waals surface area contributed by atoms with Crippen molar-refractivity contribution in [3.63, 3.8) is 0 Å². The van der Waals surface area contributed by atoms with E-state index in [2.05, 4.69) is 15.3 Å². The maximum atomic E-state index is 12.9. The van der Waals surface area contributed by atoms with Crippen molar-refractivity contribution >= 4 is 34.4 Å². The number of thioether (sulfide) groups is 1. The number of halogens is 3. The fourth-order valence-corrected chi connectivity index (χ4v) is 4.00.